The molecule has 0 saturated carbocycles. The zero-order valence-corrected chi connectivity index (χ0v) is 10.0. The molecule has 0 aromatic carbocycles. The van der Waals surface area contributed by atoms with Gasteiger partial charge in [0.15, 0.2) is 0 Å². The highest BCUT2D eigenvalue weighted by atomic mass is 16.4. The van der Waals surface area contributed by atoms with Gasteiger partial charge in [-0.25, -0.2) is 4.98 Å². The lowest BCUT2D eigenvalue weighted by Crippen LogP contribution is -2.37. The summed E-state index contributed by atoms with van der Waals surface area (Å²) in [5, 5.41) is 12.0. The summed E-state index contributed by atoms with van der Waals surface area (Å²) in [6.07, 6.45) is 1.65. The summed E-state index contributed by atoms with van der Waals surface area (Å²) in [5.41, 5.74) is 0. The monoisotopic (exact) mass is 226 g/mol. The van der Waals surface area contributed by atoms with Crippen molar-refractivity contribution in [1.29, 1.82) is 0 Å². The van der Waals surface area contributed by atoms with Crippen LogP contribution >= 0.6 is 0 Å². The van der Waals surface area contributed by atoms with E-state index in [9.17, 15) is 4.79 Å². The molecule has 0 saturated heterocycles. The smallest absolute Gasteiger partial charge is 0.307 e. The van der Waals surface area contributed by atoms with E-state index in [-0.39, 0.29) is 12.1 Å². The van der Waals surface area contributed by atoms with E-state index in [1.165, 1.54) is 0 Å². The quantitative estimate of drug-likeness (QED) is 0.799. The molecule has 5 heteroatoms. The van der Waals surface area contributed by atoms with Gasteiger partial charge in [-0.1, -0.05) is 6.92 Å². The first-order chi connectivity index (χ1) is 7.41. The number of nitrogens with one attached hydrogen (secondary N) is 1. The maximum Gasteiger partial charge on any atom is 0.307 e. The Hall–Kier alpha value is -1.36. The van der Waals surface area contributed by atoms with E-state index in [1.54, 1.807) is 13.1 Å². The Morgan fingerprint density at radius 1 is 1.50 bits per heavy atom. The zero-order valence-electron chi connectivity index (χ0n) is 10.0. The fraction of sp³-hybridized carbons (Fsp3) is 0.636. The largest absolute Gasteiger partial charge is 0.481 e. The number of hydrogen-bond donors (Lipinski definition) is 2. The molecule has 16 heavy (non-hydrogen) atoms. The number of carboxylic acids is 1. The van der Waals surface area contributed by atoms with E-state index in [0.717, 1.165) is 5.76 Å². The number of carboxylic acid groups (broad SMARTS) is 1. The van der Waals surface area contributed by atoms with E-state index in [0.29, 0.717) is 5.89 Å². The van der Waals surface area contributed by atoms with Gasteiger partial charge in [-0.05, 0) is 20.8 Å². The Bertz CT molecular complexity index is 362. The van der Waals surface area contributed by atoms with Crippen LogP contribution in [0.1, 0.15) is 38.5 Å². The van der Waals surface area contributed by atoms with Gasteiger partial charge >= 0.3 is 5.97 Å². The molecule has 0 aliphatic rings. The van der Waals surface area contributed by atoms with Crippen molar-refractivity contribution < 1.29 is 14.3 Å². The predicted octanol–water partition coefficient (Wildman–Crippen LogP) is 1.74. The minimum atomic E-state index is -0.809. The van der Waals surface area contributed by atoms with E-state index < -0.39 is 11.9 Å². The topological polar surface area (TPSA) is 75.4 Å². The van der Waals surface area contributed by atoms with E-state index in [1.807, 2.05) is 20.8 Å². The molecule has 90 valence electrons. The normalized spacial score (nSPS) is 16.8. The molecule has 0 radical (unpaired) electrons. The van der Waals surface area contributed by atoms with Gasteiger partial charge < -0.3 is 14.8 Å². The summed E-state index contributed by atoms with van der Waals surface area (Å²) in [4.78, 5) is 14.9. The van der Waals surface area contributed by atoms with Crippen LogP contribution in [0, 0.1) is 12.8 Å². The highest BCUT2D eigenvalue weighted by Gasteiger charge is 2.22. The van der Waals surface area contributed by atoms with Crippen molar-refractivity contribution in [3.8, 4) is 0 Å². The molecule has 0 bridgehead atoms. The first-order valence-corrected chi connectivity index (χ1v) is 5.33. The molecular formula is C11H18N2O3. The van der Waals surface area contributed by atoms with Gasteiger partial charge in [-0.3, -0.25) is 4.79 Å². The summed E-state index contributed by atoms with van der Waals surface area (Å²) < 4.78 is 5.37. The van der Waals surface area contributed by atoms with Crippen LogP contribution in [0.4, 0.5) is 0 Å². The molecule has 3 atom stereocenters. The van der Waals surface area contributed by atoms with Crippen LogP contribution in [-0.4, -0.2) is 22.1 Å². The van der Waals surface area contributed by atoms with Crippen molar-refractivity contribution in [2.24, 2.45) is 5.92 Å². The van der Waals surface area contributed by atoms with Gasteiger partial charge in [-0.15, -0.1) is 0 Å². The molecule has 0 amide bonds. The number of hydrogen-bond acceptors (Lipinski definition) is 4. The van der Waals surface area contributed by atoms with Crippen LogP contribution in [-0.2, 0) is 4.79 Å². The second kappa shape index (κ2) is 5.12. The third-order valence-electron chi connectivity index (χ3n) is 2.66. The summed E-state index contributed by atoms with van der Waals surface area (Å²) >= 11 is 0. The van der Waals surface area contributed by atoms with Crippen molar-refractivity contribution >= 4 is 5.97 Å². The number of aliphatic carboxylic acids is 1. The van der Waals surface area contributed by atoms with Crippen LogP contribution in [0.25, 0.3) is 0 Å². The van der Waals surface area contributed by atoms with Gasteiger partial charge in [-0.2, -0.15) is 0 Å². The average Bonchev–Trinajstić information content (AvgIpc) is 2.63. The fourth-order valence-corrected chi connectivity index (χ4v) is 1.40. The summed E-state index contributed by atoms with van der Waals surface area (Å²) in [6, 6.07) is -0.231. The molecule has 1 aromatic rings. The van der Waals surface area contributed by atoms with Crippen LogP contribution < -0.4 is 5.32 Å². The second-order valence-electron chi connectivity index (χ2n) is 4.11. The van der Waals surface area contributed by atoms with Crippen LogP contribution in [0.3, 0.4) is 0 Å². The van der Waals surface area contributed by atoms with Crippen molar-refractivity contribution in [3.05, 3.63) is 17.8 Å². The number of carbonyl (C=O) groups is 1. The predicted molar refractivity (Wildman–Crippen MR) is 59.1 cm³/mol. The molecule has 0 aliphatic heterocycles. The first kappa shape index (κ1) is 12.7. The summed E-state index contributed by atoms with van der Waals surface area (Å²) in [5.74, 6) is 0.0822. The Labute approximate surface area is 94.9 Å². The first-order valence-electron chi connectivity index (χ1n) is 5.33. The van der Waals surface area contributed by atoms with Crippen LogP contribution in [0.5, 0.6) is 0 Å². The number of aromatic nitrogens is 1. The molecule has 3 unspecified atom stereocenters. The number of rotatable bonds is 5. The molecule has 1 heterocycles. The molecular weight excluding hydrogens is 208 g/mol. The molecule has 0 spiro atoms. The van der Waals surface area contributed by atoms with Crippen molar-refractivity contribution in [2.45, 2.75) is 39.8 Å². The zero-order chi connectivity index (χ0) is 12.3. The number of oxazole rings is 1. The van der Waals surface area contributed by atoms with Gasteiger partial charge in [0.1, 0.15) is 5.76 Å². The van der Waals surface area contributed by atoms with Crippen LogP contribution in [0.2, 0.25) is 0 Å². The Balaban J connectivity index is 2.57. The number of nitrogens with zero attached hydrogens (tertiary/aromatic N) is 1. The summed E-state index contributed by atoms with van der Waals surface area (Å²) in [7, 11) is 0. The van der Waals surface area contributed by atoms with Crippen molar-refractivity contribution in [1.82, 2.24) is 10.3 Å². The van der Waals surface area contributed by atoms with Crippen molar-refractivity contribution in [3.63, 3.8) is 0 Å². The lowest BCUT2D eigenvalue weighted by molar-refractivity contribution is -0.142. The van der Waals surface area contributed by atoms with Gasteiger partial charge in [0, 0.05) is 6.04 Å². The SMILES string of the molecule is Cc1cnc(C(C)NC(C)C(C)C(=O)O)o1. The highest BCUT2D eigenvalue weighted by molar-refractivity contribution is 5.70. The van der Waals surface area contributed by atoms with Gasteiger partial charge in [0.2, 0.25) is 5.89 Å². The highest BCUT2D eigenvalue weighted by Crippen LogP contribution is 2.14. The van der Waals surface area contributed by atoms with E-state index in [2.05, 4.69) is 10.3 Å². The van der Waals surface area contributed by atoms with Gasteiger partial charge in [0.25, 0.3) is 0 Å². The Kier molecular flexibility index (Phi) is 4.06. The summed E-state index contributed by atoms with van der Waals surface area (Å²) in [6.45, 7) is 7.24. The molecule has 2 N–H and O–H groups in total. The fourth-order valence-electron chi connectivity index (χ4n) is 1.40. The van der Waals surface area contributed by atoms with E-state index >= 15 is 0 Å². The molecule has 1 rings (SSSR count). The Morgan fingerprint density at radius 3 is 2.56 bits per heavy atom. The number of aryl methyl sites for hydroxylation is 1. The maximum atomic E-state index is 10.8. The van der Waals surface area contributed by atoms with Crippen molar-refractivity contribution in [2.75, 3.05) is 0 Å². The maximum absolute atomic E-state index is 10.8. The molecule has 5 nitrogen and oxygen atoms in total. The lowest BCUT2D eigenvalue weighted by atomic mass is 10.0. The standard InChI is InChI=1S/C11H18N2O3/c1-6-5-12-10(16-6)9(4)13-8(3)7(2)11(14)15/h5,7-9,13H,1-4H3,(H,14,15). The average molecular weight is 226 g/mol. The van der Waals surface area contributed by atoms with Gasteiger partial charge in [0.05, 0.1) is 18.2 Å². The minimum Gasteiger partial charge on any atom is -0.481 e. The molecule has 1 aromatic heterocycles. The lowest BCUT2D eigenvalue weighted by Gasteiger charge is -2.20. The Morgan fingerprint density at radius 2 is 2.12 bits per heavy atom. The third kappa shape index (κ3) is 3.06. The van der Waals surface area contributed by atoms with E-state index in [4.69, 9.17) is 9.52 Å². The van der Waals surface area contributed by atoms with Crippen LogP contribution in [0.15, 0.2) is 10.6 Å². The second-order valence-corrected chi connectivity index (χ2v) is 4.11. The molecule has 0 aliphatic carbocycles. The molecule has 0 fully saturated rings. The minimum absolute atomic E-state index is 0.0921. The third-order valence-corrected chi connectivity index (χ3v) is 2.66.